The molecule has 1 aromatic carbocycles. The van der Waals surface area contributed by atoms with E-state index in [1.807, 2.05) is 38.1 Å². The van der Waals surface area contributed by atoms with Gasteiger partial charge in [0.05, 0.1) is 5.69 Å². The molecule has 0 radical (unpaired) electrons. The maximum atomic E-state index is 4.52. The zero-order chi connectivity index (χ0) is 13.0. The van der Waals surface area contributed by atoms with Crippen LogP contribution in [0.25, 0.3) is 16.8 Å². The number of hydrogen-bond acceptors (Lipinski definition) is 1. The van der Waals surface area contributed by atoms with Gasteiger partial charge in [-0.1, -0.05) is 49.1 Å². The van der Waals surface area contributed by atoms with Gasteiger partial charge in [0.1, 0.15) is 0 Å². The van der Waals surface area contributed by atoms with E-state index in [0.717, 1.165) is 22.5 Å². The van der Waals surface area contributed by atoms with Crippen molar-refractivity contribution in [1.29, 1.82) is 0 Å². The van der Waals surface area contributed by atoms with E-state index in [0.29, 0.717) is 0 Å². The third-order valence-corrected chi connectivity index (χ3v) is 2.93. The van der Waals surface area contributed by atoms with Gasteiger partial charge >= 0.3 is 0 Å². The third kappa shape index (κ3) is 2.57. The predicted molar refractivity (Wildman–Crippen MR) is 78.3 cm³/mol. The lowest BCUT2D eigenvalue weighted by atomic mass is 10.0. The third-order valence-electron chi connectivity index (χ3n) is 2.93. The van der Waals surface area contributed by atoms with Crippen LogP contribution in [0.15, 0.2) is 61.2 Å². The molecular formula is C17H17N. The summed E-state index contributed by atoms with van der Waals surface area (Å²) in [4.78, 5) is 4.52. The minimum atomic E-state index is 1.02. The molecule has 0 aliphatic heterocycles. The van der Waals surface area contributed by atoms with E-state index in [2.05, 4.69) is 41.9 Å². The molecule has 0 saturated heterocycles. The van der Waals surface area contributed by atoms with Crippen LogP contribution in [0.1, 0.15) is 18.2 Å². The first-order chi connectivity index (χ1) is 8.74. The van der Waals surface area contributed by atoms with Crippen LogP contribution in [0.3, 0.4) is 0 Å². The summed E-state index contributed by atoms with van der Waals surface area (Å²) in [6.07, 6.45) is 3.94. The first-order valence-electron chi connectivity index (χ1n) is 6.08. The summed E-state index contributed by atoms with van der Waals surface area (Å²) < 4.78 is 0. The van der Waals surface area contributed by atoms with Gasteiger partial charge in [0, 0.05) is 11.3 Å². The fourth-order valence-corrected chi connectivity index (χ4v) is 1.94. The molecule has 0 aliphatic carbocycles. The summed E-state index contributed by atoms with van der Waals surface area (Å²) in [6, 6.07) is 14.5. The van der Waals surface area contributed by atoms with Crippen LogP contribution < -0.4 is 0 Å². The summed E-state index contributed by atoms with van der Waals surface area (Å²) in [5, 5.41) is 0. The van der Waals surface area contributed by atoms with Crippen molar-refractivity contribution in [2.75, 3.05) is 0 Å². The molecular weight excluding hydrogens is 218 g/mol. The Kier molecular flexibility index (Phi) is 3.73. The molecule has 0 amide bonds. The zero-order valence-electron chi connectivity index (χ0n) is 10.9. The van der Waals surface area contributed by atoms with Crippen LogP contribution in [0.4, 0.5) is 0 Å². The number of aromatic nitrogens is 1. The molecule has 1 aromatic heterocycles. The molecule has 0 atom stereocenters. The quantitative estimate of drug-likeness (QED) is 0.706. The van der Waals surface area contributed by atoms with Crippen LogP contribution in [-0.4, -0.2) is 4.98 Å². The van der Waals surface area contributed by atoms with Gasteiger partial charge in [0.25, 0.3) is 0 Å². The largest absolute Gasteiger partial charge is 0.253 e. The molecule has 1 heteroatoms. The number of allylic oxidation sites excluding steroid dienone is 3. The monoisotopic (exact) mass is 235 g/mol. The summed E-state index contributed by atoms with van der Waals surface area (Å²) in [5.74, 6) is 0. The van der Waals surface area contributed by atoms with Crippen molar-refractivity contribution in [3.8, 4) is 11.3 Å². The highest BCUT2D eigenvalue weighted by Crippen LogP contribution is 2.21. The smallest absolute Gasteiger partial charge is 0.0705 e. The Morgan fingerprint density at radius 3 is 2.39 bits per heavy atom. The van der Waals surface area contributed by atoms with Gasteiger partial charge in [-0.3, -0.25) is 4.98 Å². The number of benzene rings is 1. The molecule has 0 N–H and O–H groups in total. The first kappa shape index (κ1) is 12.3. The van der Waals surface area contributed by atoms with Crippen LogP contribution in [0.2, 0.25) is 0 Å². The lowest BCUT2D eigenvalue weighted by Gasteiger charge is -2.05. The average Bonchev–Trinajstić information content (AvgIpc) is 2.41. The Morgan fingerprint density at radius 2 is 1.83 bits per heavy atom. The number of hydrogen-bond donors (Lipinski definition) is 0. The highest BCUT2D eigenvalue weighted by atomic mass is 14.7. The Labute approximate surface area is 109 Å². The molecule has 0 fully saturated rings. The number of aryl methyl sites for hydroxylation is 1. The van der Waals surface area contributed by atoms with Gasteiger partial charge in [-0.05, 0) is 37.1 Å². The molecule has 18 heavy (non-hydrogen) atoms. The Bertz CT molecular complexity index is 577. The van der Waals surface area contributed by atoms with Crippen molar-refractivity contribution in [3.05, 3.63) is 72.5 Å². The van der Waals surface area contributed by atoms with Crippen molar-refractivity contribution in [2.45, 2.75) is 13.8 Å². The minimum Gasteiger partial charge on any atom is -0.253 e. The SMILES string of the molecule is C=C/C(=C\C)c1ccc(-c2cccc(C)n2)cc1. The highest BCUT2D eigenvalue weighted by Gasteiger charge is 2.01. The maximum absolute atomic E-state index is 4.52. The molecule has 1 nitrogen and oxygen atoms in total. The summed E-state index contributed by atoms with van der Waals surface area (Å²) >= 11 is 0. The maximum Gasteiger partial charge on any atom is 0.0705 e. The second kappa shape index (κ2) is 5.46. The van der Waals surface area contributed by atoms with E-state index >= 15 is 0 Å². The van der Waals surface area contributed by atoms with Gasteiger partial charge in [0.15, 0.2) is 0 Å². The summed E-state index contributed by atoms with van der Waals surface area (Å²) in [6.45, 7) is 7.85. The molecule has 0 aliphatic rings. The van der Waals surface area contributed by atoms with E-state index in [9.17, 15) is 0 Å². The van der Waals surface area contributed by atoms with E-state index in [1.165, 1.54) is 5.56 Å². The van der Waals surface area contributed by atoms with E-state index in [1.54, 1.807) is 0 Å². The van der Waals surface area contributed by atoms with Gasteiger partial charge in [0.2, 0.25) is 0 Å². The Balaban J connectivity index is 2.36. The molecule has 2 rings (SSSR count). The van der Waals surface area contributed by atoms with Crippen LogP contribution in [-0.2, 0) is 0 Å². The number of pyridine rings is 1. The predicted octanol–water partition coefficient (Wildman–Crippen LogP) is 4.65. The summed E-state index contributed by atoms with van der Waals surface area (Å²) in [5.41, 5.74) is 5.53. The molecule has 0 unspecified atom stereocenters. The van der Waals surface area contributed by atoms with Crippen molar-refractivity contribution in [2.24, 2.45) is 0 Å². The molecule has 0 spiro atoms. The van der Waals surface area contributed by atoms with Gasteiger partial charge in [-0.15, -0.1) is 0 Å². The van der Waals surface area contributed by atoms with Crippen LogP contribution in [0, 0.1) is 6.92 Å². The van der Waals surface area contributed by atoms with E-state index < -0.39 is 0 Å². The van der Waals surface area contributed by atoms with Gasteiger partial charge in [-0.2, -0.15) is 0 Å². The fraction of sp³-hybridized carbons (Fsp3) is 0.118. The Hall–Kier alpha value is -2.15. The Morgan fingerprint density at radius 1 is 1.11 bits per heavy atom. The van der Waals surface area contributed by atoms with Crippen LogP contribution in [0.5, 0.6) is 0 Å². The molecule has 90 valence electrons. The van der Waals surface area contributed by atoms with Crippen molar-refractivity contribution >= 4 is 5.57 Å². The van der Waals surface area contributed by atoms with Crippen molar-refractivity contribution < 1.29 is 0 Å². The number of rotatable bonds is 3. The second-order valence-corrected chi connectivity index (χ2v) is 4.19. The first-order valence-corrected chi connectivity index (χ1v) is 6.08. The molecule has 0 saturated carbocycles. The topological polar surface area (TPSA) is 12.9 Å². The van der Waals surface area contributed by atoms with E-state index in [-0.39, 0.29) is 0 Å². The molecule has 1 heterocycles. The van der Waals surface area contributed by atoms with Crippen molar-refractivity contribution in [1.82, 2.24) is 4.98 Å². The van der Waals surface area contributed by atoms with Gasteiger partial charge in [-0.25, -0.2) is 0 Å². The van der Waals surface area contributed by atoms with Crippen molar-refractivity contribution in [3.63, 3.8) is 0 Å². The average molecular weight is 235 g/mol. The standard InChI is InChI=1S/C17H17N/c1-4-14(5-2)15-9-11-16(12-10-15)17-8-6-7-13(3)18-17/h4-12H,1H2,2-3H3/b14-5+. The zero-order valence-corrected chi connectivity index (χ0v) is 10.9. The lowest BCUT2D eigenvalue weighted by molar-refractivity contribution is 1.20. The second-order valence-electron chi connectivity index (χ2n) is 4.19. The molecule has 2 aromatic rings. The van der Waals surface area contributed by atoms with Crippen LogP contribution >= 0.6 is 0 Å². The van der Waals surface area contributed by atoms with Gasteiger partial charge < -0.3 is 0 Å². The summed E-state index contributed by atoms with van der Waals surface area (Å²) in [7, 11) is 0. The minimum absolute atomic E-state index is 1.02. The van der Waals surface area contributed by atoms with E-state index in [4.69, 9.17) is 0 Å². The highest BCUT2D eigenvalue weighted by molar-refractivity contribution is 5.74. The normalized spacial score (nSPS) is 11.3. The molecule has 0 bridgehead atoms. The fourth-order valence-electron chi connectivity index (χ4n) is 1.94. The number of nitrogens with zero attached hydrogens (tertiary/aromatic N) is 1. The lowest BCUT2D eigenvalue weighted by Crippen LogP contribution is -1.87.